The van der Waals surface area contributed by atoms with E-state index in [0.29, 0.717) is 11.4 Å². The third-order valence-electron chi connectivity index (χ3n) is 4.32. The van der Waals surface area contributed by atoms with Crippen LogP contribution in [0.3, 0.4) is 0 Å². The predicted molar refractivity (Wildman–Crippen MR) is 118 cm³/mol. The van der Waals surface area contributed by atoms with Crippen molar-refractivity contribution in [3.63, 3.8) is 0 Å². The van der Waals surface area contributed by atoms with Crippen molar-refractivity contribution in [1.29, 1.82) is 0 Å². The Morgan fingerprint density at radius 1 is 1.17 bits per heavy atom. The van der Waals surface area contributed by atoms with Crippen LogP contribution in [-0.4, -0.2) is 33.7 Å². The lowest BCUT2D eigenvalue weighted by atomic mass is 10.1. The van der Waals surface area contributed by atoms with Crippen LogP contribution in [0.2, 0.25) is 0 Å². The molecule has 2 aromatic carbocycles. The van der Waals surface area contributed by atoms with Crippen LogP contribution in [0.25, 0.3) is 5.69 Å². The van der Waals surface area contributed by atoms with Gasteiger partial charge in [-0.3, -0.25) is 14.2 Å². The maximum absolute atomic E-state index is 12.4. The molecular formula is C22H24N4O3S. The minimum atomic E-state index is -0.408. The molecule has 8 heteroatoms. The monoisotopic (exact) mass is 424 g/mol. The molecule has 0 saturated carbocycles. The van der Waals surface area contributed by atoms with E-state index in [1.165, 1.54) is 17.3 Å². The number of thioether (sulfide) groups is 1. The molecule has 0 radical (unpaired) electrons. The van der Waals surface area contributed by atoms with Crippen molar-refractivity contribution in [2.75, 3.05) is 17.7 Å². The zero-order valence-corrected chi connectivity index (χ0v) is 17.7. The molecular weight excluding hydrogens is 400 g/mol. The summed E-state index contributed by atoms with van der Waals surface area (Å²) in [5, 5.41) is 3.62. The number of carbonyl (C=O) groups excluding carboxylic acids is 2. The number of carbonyl (C=O) groups is 2. The van der Waals surface area contributed by atoms with Crippen molar-refractivity contribution < 1.29 is 14.3 Å². The second kappa shape index (κ2) is 9.98. The van der Waals surface area contributed by atoms with Gasteiger partial charge in [0.15, 0.2) is 5.16 Å². The van der Waals surface area contributed by atoms with Gasteiger partial charge in [-0.15, -0.1) is 0 Å². The molecule has 30 heavy (non-hydrogen) atoms. The molecule has 2 amide bonds. The molecule has 0 aliphatic rings. The quantitative estimate of drug-likeness (QED) is 0.513. The number of ether oxygens (including phenoxy) is 1. The summed E-state index contributed by atoms with van der Waals surface area (Å²) in [5.41, 5.74) is 9.11. The maximum Gasteiger partial charge on any atom is 0.234 e. The van der Waals surface area contributed by atoms with Crippen LogP contribution in [0.4, 0.5) is 5.69 Å². The van der Waals surface area contributed by atoms with E-state index in [-0.39, 0.29) is 24.7 Å². The first kappa shape index (κ1) is 21.4. The number of rotatable bonds is 9. The Balaban J connectivity index is 1.55. The molecule has 0 atom stereocenters. The number of aromatic nitrogens is 2. The van der Waals surface area contributed by atoms with E-state index in [0.717, 1.165) is 16.4 Å². The molecule has 3 rings (SSSR count). The van der Waals surface area contributed by atoms with E-state index in [1.54, 1.807) is 30.5 Å². The van der Waals surface area contributed by atoms with E-state index in [9.17, 15) is 9.59 Å². The molecule has 1 heterocycles. The topological polar surface area (TPSA) is 99.2 Å². The molecule has 0 aliphatic heterocycles. The fourth-order valence-corrected chi connectivity index (χ4v) is 3.56. The van der Waals surface area contributed by atoms with Gasteiger partial charge >= 0.3 is 0 Å². The van der Waals surface area contributed by atoms with Gasteiger partial charge < -0.3 is 15.8 Å². The number of anilines is 1. The second-order valence-electron chi connectivity index (χ2n) is 6.80. The number of nitrogens with one attached hydrogen (secondary N) is 1. The SMILES string of the molecule is Cc1ccc(C)c(-n2ccnc2SCC(=O)Nc2ccc(OCCC(N)=O)cc2)c1. The highest BCUT2D eigenvalue weighted by atomic mass is 32.2. The number of primary amides is 1. The summed E-state index contributed by atoms with van der Waals surface area (Å²) in [6, 6.07) is 13.2. The number of aryl methyl sites for hydroxylation is 2. The van der Waals surface area contributed by atoms with E-state index in [1.807, 2.05) is 17.7 Å². The highest BCUT2D eigenvalue weighted by molar-refractivity contribution is 7.99. The van der Waals surface area contributed by atoms with Gasteiger partial charge in [-0.2, -0.15) is 0 Å². The van der Waals surface area contributed by atoms with Crippen molar-refractivity contribution in [3.8, 4) is 11.4 Å². The van der Waals surface area contributed by atoms with Gasteiger partial charge in [-0.25, -0.2) is 4.98 Å². The Bertz CT molecular complexity index is 1030. The fourth-order valence-electron chi connectivity index (χ4n) is 2.79. The van der Waals surface area contributed by atoms with E-state index in [4.69, 9.17) is 10.5 Å². The molecule has 0 spiro atoms. The third kappa shape index (κ3) is 5.87. The molecule has 156 valence electrons. The van der Waals surface area contributed by atoms with Crippen molar-refractivity contribution in [2.24, 2.45) is 5.73 Å². The number of hydrogen-bond donors (Lipinski definition) is 2. The highest BCUT2D eigenvalue weighted by Crippen LogP contribution is 2.24. The Kier molecular flexibility index (Phi) is 7.13. The van der Waals surface area contributed by atoms with Gasteiger partial charge in [-0.1, -0.05) is 23.9 Å². The second-order valence-corrected chi connectivity index (χ2v) is 7.74. The summed E-state index contributed by atoms with van der Waals surface area (Å²) in [7, 11) is 0. The number of nitrogens with zero attached hydrogens (tertiary/aromatic N) is 2. The lowest BCUT2D eigenvalue weighted by Crippen LogP contribution is -2.15. The van der Waals surface area contributed by atoms with Gasteiger partial charge in [0.25, 0.3) is 0 Å². The molecule has 0 saturated heterocycles. The van der Waals surface area contributed by atoms with Crippen molar-refractivity contribution >= 4 is 29.3 Å². The van der Waals surface area contributed by atoms with Gasteiger partial charge in [0.1, 0.15) is 5.75 Å². The van der Waals surface area contributed by atoms with Crippen molar-refractivity contribution in [1.82, 2.24) is 9.55 Å². The Labute approximate surface area is 179 Å². The summed E-state index contributed by atoms with van der Waals surface area (Å²) in [6.45, 7) is 4.33. The van der Waals surface area contributed by atoms with Crippen LogP contribution in [0, 0.1) is 13.8 Å². The molecule has 3 N–H and O–H groups in total. The van der Waals surface area contributed by atoms with Gasteiger partial charge in [0, 0.05) is 18.1 Å². The minimum Gasteiger partial charge on any atom is -0.493 e. The minimum absolute atomic E-state index is 0.127. The van der Waals surface area contributed by atoms with Crippen LogP contribution in [0.5, 0.6) is 5.75 Å². The summed E-state index contributed by atoms with van der Waals surface area (Å²) >= 11 is 1.38. The predicted octanol–water partition coefficient (Wildman–Crippen LogP) is 3.47. The molecule has 0 bridgehead atoms. The normalized spacial score (nSPS) is 10.6. The van der Waals surface area contributed by atoms with E-state index >= 15 is 0 Å². The number of benzene rings is 2. The largest absolute Gasteiger partial charge is 0.493 e. The zero-order valence-electron chi connectivity index (χ0n) is 16.9. The van der Waals surface area contributed by atoms with Gasteiger partial charge in [-0.05, 0) is 55.3 Å². The van der Waals surface area contributed by atoms with Crippen molar-refractivity contribution in [2.45, 2.75) is 25.4 Å². The molecule has 1 aromatic heterocycles. The average molecular weight is 425 g/mol. The number of imidazole rings is 1. The summed E-state index contributed by atoms with van der Waals surface area (Å²) in [5.74, 6) is 0.310. The number of amides is 2. The summed E-state index contributed by atoms with van der Waals surface area (Å²) < 4.78 is 7.42. The third-order valence-corrected chi connectivity index (χ3v) is 5.29. The maximum atomic E-state index is 12.4. The van der Waals surface area contributed by atoms with Gasteiger partial charge in [0.2, 0.25) is 11.8 Å². The van der Waals surface area contributed by atoms with E-state index < -0.39 is 5.91 Å². The lowest BCUT2D eigenvalue weighted by Gasteiger charge is -2.11. The Morgan fingerprint density at radius 3 is 2.67 bits per heavy atom. The van der Waals surface area contributed by atoms with Crippen LogP contribution in [0.1, 0.15) is 17.5 Å². The van der Waals surface area contributed by atoms with Crippen LogP contribution < -0.4 is 15.8 Å². The fraction of sp³-hybridized carbons (Fsp3) is 0.227. The van der Waals surface area contributed by atoms with Crippen LogP contribution >= 0.6 is 11.8 Å². The first-order chi connectivity index (χ1) is 14.4. The average Bonchev–Trinajstić information content (AvgIpc) is 3.18. The zero-order chi connectivity index (χ0) is 21.5. The highest BCUT2D eigenvalue weighted by Gasteiger charge is 2.11. The van der Waals surface area contributed by atoms with Gasteiger partial charge in [0.05, 0.1) is 24.5 Å². The molecule has 0 fully saturated rings. The summed E-state index contributed by atoms with van der Waals surface area (Å²) in [6.07, 6.45) is 3.80. The molecule has 7 nitrogen and oxygen atoms in total. The smallest absolute Gasteiger partial charge is 0.234 e. The van der Waals surface area contributed by atoms with Crippen LogP contribution in [0.15, 0.2) is 60.0 Å². The lowest BCUT2D eigenvalue weighted by molar-refractivity contribution is -0.118. The first-order valence-corrected chi connectivity index (χ1v) is 10.5. The Morgan fingerprint density at radius 2 is 1.93 bits per heavy atom. The molecule has 0 unspecified atom stereocenters. The molecule has 3 aromatic rings. The first-order valence-electron chi connectivity index (χ1n) is 9.47. The van der Waals surface area contributed by atoms with Crippen LogP contribution in [-0.2, 0) is 9.59 Å². The van der Waals surface area contributed by atoms with Crippen molar-refractivity contribution in [3.05, 3.63) is 66.0 Å². The standard InChI is InChI=1S/C22H24N4O3S/c1-15-3-4-16(2)19(13-15)26-11-10-24-22(26)30-14-21(28)25-17-5-7-18(8-6-17)29-12-9-20(23)27/h3-8,10-11,13H,9,12,14H2,1-2H3,(H2,23,27)(H,25,28). The number of hydrogen-bond acceptors (Lipinski definition) is 5. The molecule has 0 aliphatic carbocycles. The Hall–Kier alpha value is -3.26. The van der Waals surface area contributed by atoms with E-state index in [2.05, 4.69) is 35.4 Å². The summed E-state index contributed by atoms with van der Waals surface area (Å²) in [4.78, 5) is 27.5. The number of nitrogens with two attached hydrogens (primary N) is 1.